The lowest BCUT2D eigenvalue weighted by atomic mass is 9.59. The molecular formula is C45H33NO5. The normalized spacial score (nSPS) is 23.6. The molecule has 6 nitrogen and oxygen atoms in total. The van der Waals surface area contributed by atoms with Crippen LogP contribution in [-0.2, 0) is 25.2 Å². The van der Waals surface area contributed by atoms with E-state index in [-0.39, 0.29) is 17.6 Å². The predicted octanol–water partition coefficient (Wildman–Crippen LogP) is 8.05. The van der Waals surface area contributed by atoms with Crippen molar-refractivity contribution in [3.8, 4) is 11.5 Å². The van der Waals surface area contributed by atoms with Crippen molar-refractivity contribution in [2.24, 2.45) is 11.8 Å². The molecule has 3 aliphatic rings. The van der Waals surface area contributed by atoms with Crippen LogP contribution in [0.1, 0.15) is 22.3 Å². The summed E-state index contributed by atoms with van der Waals surface area (Å²) in [6, 6.07) is 47.8. The first-order valence-corrected chi connectivity index (χ1v) is 17.0. The third-order valence-corrected chi connectivity index (χ3v) is 11.2. The molecule has 2 aliphatic carbocycles. The number of nitrogens with zero attached hydrogens (tertiary/aromatic N) is 1. The maximum absolute atomic E-state index is 16.2. The molecule has 1 saturated heterocycles. The molecule has 0 N–H and O–H groups in total. The summed E-state index contributed by atoms with van der Waals surface area (Å²) in [4.78, 5) is 48.4. The molecular weight excluding hydrogens is 634 g/mol. The lowest BCUT2D eigenvalue weighted by Gasteiger charge is -2.39. The number of carbonyl (C=O) groups excluding carboxylic acids is 3. The molecule has 6 aromatic carbocycles. The van der Waals surface area contributed by atoms with E-state index in [1.165, 1.54) is 4.90 Å². The van der Waals surface area contributed by atoms with E-state index in [1.807, 2.05) is 152 Å². The maximum Gasteiger partial charge on any atom is 0.239 e. The summed E-state index contributed by atoms with van der Waals surface area (Å²) in [6.45, 7) is 0. The van der Waals surface area contributed by atoms with Crippen LogP contribution in [0.5, 0.6) is 11.5 Å². The number of ether oxygens (including phenoxy) is 2. The van der Waals surface area contributed by atoms with E-state index in [2.05, 4.69) is 0 Å². The second-order valence-electron chi connectivity index (χ2n) is 13.3. The minimum atomic E-state index is -1.50. The van der Waals surface area contributed by atoms with Gasteiger partial charge >= 0.3 is 0 Å². The van der Waals surface area contributed by atoms with Gasteiger partial charge < -0.3 is 9.47 Å². The summed E-state index contributed by atoms with van der Waals surface area (Å²) in [5.41, 5.74) is 1.87. The number of carbonyl (C=O) groups is 3. The standard InChI is InChI=1S/C45H33NO5/c1-50-33-24-20-29(21-25-33)37-38(30-22-26-34(51-2)27-23-30)45(32-16-7-4-8-17-32)40-39(44(37,43(45)49)31-14-5-3-6-15-31)41(47)46(42(40)48)36-19-11-13-28-12-9-10-18-35(28)36/h3-27,39-40H,1-2H3/t39-,40-,44-,45+/m1/s1. The van der Waals surface area contributed by atoms with Gasteiger partial charge in [-0.3, -0.25) is 14.4 Å². The summed E-state index contributed by atoms with van der Waals surface area (Å²) in [7, 11) is 3.23. The fourth-order valence-electron chi connectivity index (χ4n) is 9.28. The van der Waals surface area contributed by atoms with Gasteiger partial charge in [-0.25, -0.2) is 4.90 Å². The van der Waals surface area contributed by atoms with Crippen molar-refractivity contribution in [2.45, 2.75) is 10.8 Å². The topological polar surface area (TPSA) is 72.9 Å². The van der Waals surface area contributed by atoms with Crippen LogP contribution in [0.15, 0.2) is 152 Å². The fraction of sp³-hybridized carbons (Fsp3) is 0.133. The highest BCUT2D eigenvalue weighted by Crippen LogP contribution is 2.74. The number of Topliss-reactive ketones (excluding diaryl/α,β-unsaturated/α-hetero) is 1. The van der Waals surface area contributed by atoms with Gasteiger partial charge in [-0.15, -0.1) is 0 Å². The molecule has 248 valence electrons. The molecule has 6 aromatic rings. The van der Waals surface area contributed by atoms with Gasteiger partial charge in [-0.2, -0.15) is 0 Å². The molecule has 4 atom stereocenters. The van der Waals surface area contributed by atoms with E-state index < -0.39 is 22.7 Å². The van der Waals surface area contributed by atoms with Gasteiger partial charge in [0.15, 0.2) is 5.78 Å². The Morgan fingerprint density at radius 3 is 1.39 bits per heavy atom. The van der Waals surface area contributed by atoms with Crippen molar-refractivity contribution in [1.82, 2.24) is 0 Å². The van der Waals surface area contributed by atoms with Gasteiger partial charge in [0.05, 0.1) is 42.6 Å². The third kappa shape index (κ3) is 3.96. The molecule has 2 bridgehead atoms. The quantitative estimate of drug-likeness (QED) is 0.161. The fourth-order valence-corrected chi connectivity index (χ4v) is 9.28. The number of fused-ring (bicyclic) bond motifs is 6. The summed E-state index contributed by atoms with van der Waals surface area (Å²) >= 11 is 0. The van der Waals surface area contributed by atoms with Crippen molar-refractivity contribution in [1.29, 1.82) is 0 Å². The Morgan fingerprint density at radius 2 is 0.922 bits per heavy atom. The first-order valence-electron chi connectivity index (χ1n) is 17.0. The first-order chi connectivity index (χ1) is 25.0. The van der Waals surface area contributed by atoms with Gasteiger partial charge in [0.25, 0.3) is 0 Å². The van der Waals surface area contributed by atoms with Gasteiger partial charge in [0.2, 0.25) is 11.8 Å². The number of ketones is 1. The first kappa shape index (κ1) is 30.8. The number of anilines is 1. The van der Waals surface area contributed by atoms with Crippen LogP contribution in [0.2, 0.25) is 0 Å². The van der Waals surface area contributed by atoms with Crippen LogP contribution in [-0.4, -0.2) is 31.8 Å². The molecule has 51 heavy (non-hydrogen) atoms. The molecule has 2 amide bonds. The van der Waals surface area contributed by atoms with Crippen molar-refractivity contribution >= 4 is 45.2 Å². The van der Waals surface area contributed by atoms with Crippen LogP contribution < -0.4 is 14.4 Å². The van der Waals surface area contributed by atoms with Crippen molar-refractivity contribution < 1.29 is 23.9 Å². The Morgan fingerprint density at radius 1 is 0.490 bits per heavy atom. The molecule has 1 saturated carbocycles. The number of allylic oxidation sites excluding steroid dienone is 2. The molecule has 2 fully saturated rings. The van der Waals surface area contributed by atoms with Gasteiger partial charge in [-0.05, 0) is 69.1 Å². The largest absolute Gasteiger partial charge is 0.497 e. The molecule has 1 heterocycles. The number of hydrogen-bond donors (Lipinski definition) is 0. The molecule has 0 radical (unpaired) electrons. The lowest BCUT2D eigenvalue weighted by Crippen LogP contribution is -2.45. The summed E-state index contributed by atoms with van der Waals surface area (Å²) in [5, 5.41) is 1.71. The van der Waals surface area contributed by atoms with E-state index in [0.717, 1.165) is 33.0 Å². The van der Waals surface area contributed by atoms with Crippen molar-refractivity contribution in [3.63, 3.8) is 0 Å². The second-order valence-corrected chi connectivity index (χ2v) is 13.3. The van der Waals surface area contributed by atoms with Gasteiger partial charge in [0.1, 0.15) is 11.5 Å². The molecule has 0 spiro atoms. The molecule has 1 aliphatic heterocycles. The van der Waals surface area contributed by atoms with Crippen LogP contribution in [0.25, 0.3) is 21.9 Å². The highest BCUT2D eigenvalue weighted by molar-refractivity contribution is 6.39. The average molecular weight is 668 g/mol. The van der Waals surface area contributed by atoms with Gasteiger partial charge in [-0.1, -0.05) is 121 Å². The second kappa shape index (κ2) is 11.4. The Hall–Kier alpha value is -6.27. The van der Waals surface area contributed by atoms with E-state index in [1.54, 1.807) is 14.2 Å². The van der Waals surface area contributed by atoms with E-state index in [4.69, 9.17) is 9.47 Å². The minimum absolute atomic E-state index is 0.168. The number of benzene rings is 6. The van der Waals surface area contributed by atoms with Crippen LogP contribution in [0.4, 0.5) is 5.69 Å². The Balaban J connectivity index is 1.44. The predicted molar refractivity (Wildman–Crippen MR) is 197 cm³/mol. The monoisotopic (exact) mass is 667 g/mol. The van der Waals surface area contributed by atoms with Gasteiger partial charge in [0, 0.05) is 5.39 Å². The maximum atomic E-state index is 16.2. The van der Waals surface area contributed by atoms with Crippen LogP contribution in [0.3, 0.4) is 0 Å². The highest BCUT2D eigenvalue weighted by atomic mass is 16.5. The zero-order valence-corrected chi connectivity index (χ0v) is 28.1. The van der Waals surface area contributed by atoms with E-state index in [9.17, 15) is 0 Å². The molecule has 0 unspecified atom stereocenters. The Kier molecular flexibility index (Phi) is 6.87. The smallest absolute Gasteiger partial charge is 0.239 e. The number of imide groups is 1. The minimum Gasteiger partial charge on any atom is -0.497 e. The van der Waals surface area contributed by atoms with E-state index >= 15 is 14.4 Å². The Bertz CT molecular complexity index is 2270. The van der Waals surface area contributed by atoms with Crippen molar-refractivity contribution in [2.75, 3.05) is 19.1 Å². The Labute approximate surface area is 295 Å². The average Bonchev–Trinajstić information content (AvgIpc) is 3.70. The number of hydrogen-bond acceptors (Lipinski definition) is 5. The SMILES string of the molecule is COc1ccc(C2=C(c3ccc(OC)cc3)[C@@]3(c4ccccc4)C(=O)[C@]2(c2ccccc2)[C@H]2C(=O)N(c4cccc5ccccc45)C(=O)[C@@H]23)cc1. The molecule has 9 rings (SSSR count). The third-order valence-electron chi connectivity index (χ3n) is 11.2. The number of amides is 2. The molecule has 0 aromatic heterocycles. The number of methoxy groups -OCH3 is 2. The zero-order chi connectivity index (χ0) is 34.9. The zero-order valence-electron chi connectivity index (χ0n) is 28.1. The molecule has 6 heteroatoms. The number of rotatable bonds is 7. The summed E-state index contributed by atoms with van der Waals surface area (Å²) in [5.74, 6) is -1.63. The summed E-state index contributed by atoms with van der Waals surface area (Å²) < 4.78 is 11.1. The van der Waals surface area contributed by atoms with Crippen LogP contribution >= 0.6 is 0 Å². The van der Waals surface area contributed by atoms with E-state index in [0.29, 0.717) is 28.3 Å². The highest BCUT2D eigenvalue weighted by Gasteiger charge is 2.82. The van der Waals surface area contributed by atoms with Crippen molar-refractivity contribution in [3.05, 3.63) is 174 Å². The summed E-state index contributed by atoms with van der Waals surface area (Å²) in [6.07, 6.45) is 0. The van der Waals surface area contributed by atoms with Crippen LogP contribution in [0, 0.1) is 11.8 Å². The lowest BCUT2D eigenvalue weighted by molar-refractivity contribution is -0.130.